The highest BCUT2D eigenvalue weighted by molar-refractivity contribution is 6.31. The van der Waals surface area contributed by atoms with Gasteiger partial charge in [-0.25, -0.2) is 4.98 Å². The maximum absolute atomic E-state index is 12.6. The van der Waals surface area contributed by atoms with Crippen molar-refractivity contribution in [1.29, 1.82) is 0 Å². The standard InChI is InChI=1S/C17H21ClN4O/c1-2-6-19-14-4-3-13(18)11-15(14)21-17(23)12-5-8-22-9-7-20-16(22)10-12/h3-4,7,9,11-12,19H,2,5-6,8,10H2,1H3,(H,21,23). The molecule has 0 aliphatic carbocycles. The third kappa shape index (κ3) is 3.67. The predicted molar refractivity (Wildman–Crippen MR) is 92.9 cm³/mol. The number of carbonyl (C=O) groups excluding carboxylic acids is 1. The van der Waals surface area contributed by atoms with Crippen LogP contribution in [0.1, 0.15) is 25.6 Å². The van der Waals surface area contributed by atoms with Crippen LogP contribution in [-0.4, -0.2) is 22.0 Å². The molecule has 1 atom stereocenters. The molecule has 1 unspecified atom stereocenters. The van der Waals surface area contributed by atoms with E-state index in [1.807, 2.05) is 18.3 Å². The molecule has 3 rings (SSSR count). The first-order valence-corrected chi connectivity index (χ1v) is 8.39. The summed E-state index contributed by atoms with van der Waals surface area (Å²) in [5.74, 6) is 0.954. The largest absolute Gasteiger partial charge is 0.383 e. The second kappa shape index (κ2) is 7.04. The SMILES string of the molecule is CCCNc1ccc(Cl)cc1NC(=O)C1CCn2ccnc2C1. The molecule has 23 heavy (non-hydrogen) atoms. The zero-order valence-corrected chi connectivity index (χ0v) is 13.9. The minimum Gasteiger partial charge on any atom is -0.383 e. The molecule has 0 radical (unpaired) electrons. The van der Waals surface area contributed by atoms with E-state index >= 15 is 0 Å². The van der Waals surface area contributed by atoms with E-state index in [1.165, 1.54) is 0 Å². The Balaban J connectivity index is 1.71. The summed E-state index contributed by atoms with van der Waals surface area (Å²) in [7, 11) is 0. The maximum Gasteiger partial charge on any atom is 0.228 e. The molecule has 0 saturated heterocycles. The lowest BCUT2D eigenvalue weighted by Crippen LogP contribution is -2.30. The third-order valence-electron chi connectivity index (χ3n) is 4.12. The van der Waals surface area contributed by atoms with Gasteiger partial charge in [0.1, 0.15) is 5.82 Å². The zero-order valence-electron chi connectivity index (χ0n) is 13.2. The summed E-state index contributed by atoms with van der Waals surface area (Å²) in [6, 6.07) is 5.52. The van der Waals surface area contributed by atoms with Gasteiger partial charge in [-0.15, -0.1) is 0 Å². The smallest absolute Gasteiger partial charge is 0.228 e. The van der Waals surface area contributed by atoms with Crippen molar-refractivity contribution in [2.24, 2.45) is 5.92 Å². The van der Waals surface area contributed by atoms with Crippen molar-refractivity contribution in [3.05, 3.63) is 41.4 Å². The summed E-state index contributed by atoms with van der Waals surface area (Å²) in [4.78, 5) is 16.9. The summed E-state index contributed by atoms with van der Waals surface area (Å²) < 4.78 is 2.11. The molecule has 0 saturated carbocycles. The van der Waals surface area contributed by atoms with Crippen LogP contribution >= 0.6 is 11.6 Å². The van der Waals surface area contributed by atoms with Crippen LogP contribution in [-0.2, 0) is 17.8 Å². The lowest BCUT2D eigenvalue weighted by molar-refractivity contribution is -0.120. The van der Waals surface area contributed by atoms with Crippen molar-refractivity contribution >= 4 is 28.9 Å². The fraction of sp³-hybridized carbons (Fsp3) is 0.412. The number of fused-ring (bicyclic) bond motifs is 1. The van der Waals surface area contributed by atoms with Crippen LogP contribution in [0, 0.1) is 5.92 Å². The van der Waals surface area contributed by atoms with Crippen molar-refractivity contribution in [1.82, 2.24) is 9.55 Å². The molecule has 122 valence electrons. The van der Waals surface area contributed by atoms with Crippen LogP contribution in [0.15, 0.2) is 30.6 Å². The average Bonchev–Trinajstić information content (AvgIpc) is 3.01. The van der Waals surface area contributed by atoms with Crippen LogP contribution in [0.5, 0.6) is 0 Å². The molecule has 0 fully saturated rings. The zero-order chi connectivity index (χ0) is 16.2. The highest BCUT2D eigenvalue weighted by Gasteiger charge is 2.25. The predicted octanol–water partition coefficient (Wildman–Crippen LogP) is 3.56. The molecule has 1 aliphatic rings. The Bertz CT molecular complexity index is 698. The Morgan fingerprint density at radius 2 is 2.30 bits per heavy atom. The lowest BCUT2D eigenvalue weighted by Gasteiger charge is -2.23. The van der Waals surface area contributed by atoms with Crippen molar-refractivity contribution in [2.45, 2.75) is 32.7 Å². The molecule has 1 aromatic carbocycles. The monoisotopic (exact) mass is 332 g/mol. The highest BCUT2D eigenvalue weighted by Crippen LogP contribution is 2.28. The van der Waals surface area contributed by atoms with Gasteiger partial charge in [-0.2, -0.15) is 0 Å². The van der Waals surface area contributed by atoms with Crippen molar-refractivity contribution in [3.8, 4) is 0 Å². The second-order valence-corrected chi connectivity index (χ2v) is 6.27. The van der Waals surface area contributed by atoms with E-state index in [1.54, 1.807) is 12.3 Å². The number of aromatic nitrogens is 2. The number of imidazole rings is 1. The van der Waals surface area contributed by atoms with Gasteiger partial charge in [0, 0.05) is 42.8 Å². The number of hydrogen-bond donors (Lipinski definition) is 2. The number of amides is 1. The number of benzene rings is 1. The molecule has 1 amide bonds. The number of anilines is 2. The Morgan fingerprint density at radius 3 is 3.13 bits per heavy atom. The number of halogens is 1. The minimum absolute atomic E-state index is 0.0288. The van der Waals surface area contributed by atoms with Crippen molar-refractivity contribution in [2.75, 3.05) is 17.2 Å². The average molecular weight is 333 g/mol. The van der Waals surface area contributed by atoms with Crippen LogP contribution in [0.4, 0.5) is 11.4 Å². The van der Waals surface area contributed by atoms with Crippen LogP contribution in [0.25, 0.3) is 0 Å². The van der Waals surface area contributed by atoms with Gasteiger partial charge in [0.25, 0.3) is 0 Å². The van der Waals surface area contributed by atoms with Gasteiger partial charge >= 0.3 is 0 Å². The van der Waals surface area contributed by atoms with Crippen molar-refractivity contribution < 1.29 is 4.79 Å². The Morgan fingerprint density at radius 1 is 1.43 bits per heavy atom. The summed E-state index contributed by atoms with van der Waals surface area (Å²) in [5, 5.41) is 6.96. The fourth-order valence-corrected chi connectivity index (χ4v) is 3.02. The van der Waals surface area contributed by atoms with E-state index in [4.69, 9.17) is 11.6 Å². The summed E-state index contributed by atoms with van der Waals surface area (Å²) in [6.07, 6.45) is 6.28. The molecule has 0 bridgehead atoms. The van der Waals surface area contributed by atoms with E-state index in [0.717, 1.165) is 43.1 Å². The molecule has 2 heterocycles. The van der Waals surface area contributed by atoms with Gasteiger partial charge in [0.15, 0.2) is 0 Å². The number of nitrogens with one attached hydrogen (secondary N) is 2. The molecule has 2 aromatic rings. The molecule has 2 N–H and O–H groups in total. The summed E-state index contributed by atoms with van der Waals surface area (Å²) in [6.45, 7) is 3.79. The summed E-state index contributed by atoms with van der Waals surface area (Å²) in [5.41, 5.74) is 1.65. The molecular formula is C17H21ClN4O. The van der Waals surface area contributed by atoms with Crippen molar-refractivity contribution in [3.63, 3.8) is 0 Å². The fourth-order valence-electron chi connectivity index (χ4n) is 2.84. The van der Waals surface area contributed by atoms with Gasteiger partial charge in [0.2, 0.25) is 5.91 Å². The Labute approximate surface area is 141 Å². The number of carbonyl (C=O) groups is 1. The molecule has 6 heteroatoms. The van der Waals surface area contributed by atoms with Gasteiger partial charge in [0.05, 0.1) is 11.4 Å². The number of aryl methyl sites for hydroxylation is 1. The molecule has 1 aliphatic heterocycles. The summed E-state index contributed by atoms with van der Waals surface area (Å²) >= 11 is 6.08. The first-order valence-electron chi connectivity index (χ1n) is 8.01. The van der Waals surface area contributed by atoms with Crippen LogP contribution < -0.4 is 10.6 Å². The lowest BCUT2D eigenvalue weighted by atomic mass is 9.96. The first kappa shape index (κ1) is 15.9. The van der Waals surface area contributed by atoms with Gasteiger partial charge in [-0.3, -0.25) is 4.79 Å². The van der Waals surface area contributed by atoms with Gasteiger partial charge in [-0.05, 0) is 31.0 Å². The van der Waals surface area contributed by atoms with E-state index in [2.05, 4.69) is 27.1 Å². The number of nitrogens with zero attached hydrogens (tertiary/aromatic N) is 2. The van der Waals surface area contributed by atoms with Crippen LogP contribution in [0.3, 0.4) is 0 Å². The number of rotatable bonds is 5. The van der Waals surface area contributed by atoms with Gasteiger partial charge < -0.3 is 15.2 Å². The van der Waals surface area contributed by atoms with Gasteiger partial charge in [-0.1, -0.05) is 18.5 Å². The normalized spacial score (nSPS) is 16.7. The van der Waals surface area contributed by atoms with E-state index in [9.17, 15) is 4.79 Å². The minimum atomic E-state index is -0.0529. The quantitative estimate of drug-likeness (QED) is 0.880. The van der Waals surface area contributed by atoms with E-state index < -0.39 is 0 Å². The van der Waals surface area contributed by atoms with Crippen LogP contribution in [0.2, 0.25) is 5.02 Å². The third-order valence-corrected chi connectivity index (χ3v) is 4.36. The molecule has 5 nitrogen and oxygen atoms in total. The number of hydrogen-bond acceptors (Lipinski definition) is 3. The molecular weight excluding hydrogens is 312 g/mol. The highest BCUT2D eigenvalue weighted by atomic mass is 35.5. The topological polar surface area (TPSA) is 58.9 Å². The molecule has 0 spiro atoms. The first-order chi connectivity index (χ1) is 11.2. The maximum atomic E-state index is 12.6. The molecule has 1 aromatic heterocycles. The second-order valence-electron chi connectivity index (χ2n) is 5.83. The Kier molecular flexibility index (Phi) is 4.86. The Hall–Kier alpha value is -2.01. The van der Waals surface area contributed by atoms with E-state index in [-0.39, 0.29) is 11.8 Å². The van der Waals surface area contributed by atoms with E-state index in [0.29, 0.717) is 11.4 Å².